The Morgan fingerprint density at radius 1 is 1.25 bits per heavy atom. The number of benzene rings is 1. The van der Waals surface area contributed by atoms with Crippen molar-refractivity contribution in [3.8, 4) is 0 Å². The van der Waals surface area contributed by atoms with Crippen molar-refractivity contribution in [2.24, 2.45) is 5.73 Å². The van der Waals surface area contributed by atoms with Crippen LogP contribution in [0.15, 0.2) is 24.3 Å². The summed E-state index contributed by atoms with van der Waals surface area (Å²) in [5, 5.41) is 17.4. The molecular formula is C9H13NO2. The Morgan fingerprint density at radius 2 is 1.92 bits per heavy atom. The highest BCUT2D eigenvalue weighted by Crippen LogP contribution is 2.06. The first kappa shape index (κ1) is 9.19. The number of aliphatic hydroxyl groups is 2. The fourth-order valence-corrected chi connectivity index (χ4v) is 1.09. The van der Waals surface area contributed by atoms with Crippen LogP contribution in [0.2, 0.25) is 0 Å². The Labute approximate surface area is 71.5 Å². The van der Waals surface area contributed by atoms with Crippen LogP contribution in [0.5, 0.6) is 0 Å². The molecule has 0 saturated carbocycles. The minimum absolute atomic E-state index is 0.258. The molecule has 0 heterocycles. The molecule has 0 radical (unpaired) electrons. The zero-order valence-corrected chi connectivity index (χ0v) is 6.77. The Hall–Kier alpha value is -0.900. The lowest BCUT2D eigenvalue weighted by atomic mass is 10.1. The molecule has 0 aliphatic rings. The van der Waals surface area contributed by atoms with E-state index in [-0.39, 0.29) is 6.42 Å². The Kier molecular flexibility index (Phi) is 3.22. The number of nitrogens with two attached hydrogens (primary N) is 1. The third kappa shape index (κ3) is 2.62. The topological polar surface area (TPSA) is 66.5 Å². The normalized spacial score (nSPS) is 10.7. The van der Waals surface area contributed by atoms with Gasteiger partial charge < -0.3 is 15.9 Å². The fourth-order valence-electron chi connectivity index (χ4n) is 1.09. The largest absolute Gasteiger partial charge is 0.368 e. The maximum atomic E-state index is 8.69. The van der Waals surface area contributed by atoms with Crippen LogP contribution >= 0.6 is 0 Å². The molecule has 1 aromatic carbocycles. The van der Waals surface area contributed by atoms with E-state index in [4.69, 9.17) is 15.9 Å². The molecular weight excluding hydrogens is 154 g/mol. The summed E-state index contributed by atoms with van der Waals surface area (Å²) in [6.45, 7) is 0.482. The van der Waals surface area contributed by atoms with Crippen molar-refractivity contribution in [3.63, 3.8) is 0 Å². The van der Waals surface area contributed by atoms with E-state index in [2.05, 4.69) is 0 Å². The van der Waals surface area contributed by atoms with Gasteiger partial charge in [-0.15, -0.1) is 0 Å². The molecule has 0 fully saturated rings. The van der Waals surface area contributed by atoms with E-state index in [1.807, 2.05) is 24.3 Å². The van der Waals surface area contributed by atoms with E-state index in [9.17, 15) is 0 Å². The van der Waals surface area contributed by atoms with Gasteiger partial charge in [0.25, 0.3) is 0 Å². The minimum atomic E-state index is -1.28. The summed E-state index contributed by atoms with van der Waals surface area (Å²) in [6, 6.07) is 7.49. The third-order valence-corrected chi connectivity index (χ3v) is 1.65. The van der Waals surface area contributed by atoms with Crippen LogP contribution in [-0.4, -0.2) is 16.5 Å². The maximum absolute atomic E-state index is 8.69. The molecule has 0 aromatic heterocycles. The van der Waals surface area contributed by atoms with Crippen LogP contribution in [0.1, 0.15) is 11.1 Å². The predicted molar refractivity (Wildman–Crippen MR) is 46.3 cm³/mol. The van der Waals surface area contributed by atoms with E-state index in [1.165, 1.54) is 0 Å². The Morgan fingerprint density at radius 3 is 2.50 bits per heavy atom. The van der Waals surface area contributed by atoms with E-state index in [0.29, 0.717) is 6.54 Å². The van der Waals surface area contributed by atoms with Gasteiger partial charge >= 0.3 is 0 Å². The highest BCUT2D eigenvalue weighted by molar-refractivity contribution is 5.23. The molecule has 3 heteroatoms. The second-order valence-electron chi connectivity index (χ2n) is 2.71. The van der Waals surface area contributed by atoms with Crippen molar-refractivity contribution < 1.29 is 10.2 Å². The highest BCUT2D eigenvalue weighted by atomic mass is 16.5. The van der Waals surface area contributed by atoms with Gasteiger partial charge in [-0.3, -0.25) is 0 Å². The van der Waals surface area contributed by atoms with Gasteiger partial charge in [-0.05, 0) is 11.1 Å². The first-order chi connectivity index (χ1) is 5.72. The van der Waals surface area contributed by atoms with Crippen molar-refractivity contribution >= 4 is 0 Å². The molecule has 0 bridgehead atoms. The summed E-state index contributed by atoms with van der Waals surface area (Å²) in [5.74, 6) is 0. The minimum Gasteiger partial charge on any atom is -0.368 e. The molecule has 0 atom stereocenters. The quantitative estimate of drug-likeness (QED) is 0.555. The average Bonchev–Trinajstić information content (AvgIpc) is 2.03. The summed E-state index contributed by atoms with van der Waals surface area (Å²) in [5.41, 5.74) is 7.33. The standard InChI is InChI=1S/C9H13NO2/c10-6-8-3-1-2-7(4-8)5-9(11)12/h1-4,9,11-12H,5-6,10H2. The van der Waals surface area contributed by atoms with Crippen LogP contribution in [0.4, 0.5) is 0 Å². The molecule has 4 N–H and O–H groups in total. The lowest BCUT2D eigenvalue weighted by Crippen LogP contribution is -2.08. The van der Waals surface area contributed by atoms with Crippen LogP contribution < -0.4 is 5.73 Å². The van der Waals surface area contributed by atoms with Crippen LogP contribution in [0.25, 0.3) is 0 Å². The van der Waals surface area contributed by atoms with Crippen molar-refractivity contribution in [3.05, 3.63) is 35.4 Å². The zero-order chi connectivity index (χ0) is 8.97. The summed E-state index contributed by atoms with van der Waals surface area (Å²) >= 11 is 0. The lowest BCUT2D eigenvalue weighted by molar-refractivity contribution is -0.0381. The van der Waals surface area contributed by atoms with Gasteiger partial charge in [-0.1, -0.05) is 24.3 Å². The predicted octanol–water partition coefficient (Wildman–Crippen LogP) is -0.00150. The van der Waals surface area contributed by atoms with Gasteiger partial charge in [0.2, 0.25) is 0 Å². The lowest BCUT2D eigenvalue weighted by Gasteiger charge is -2.04. The molecule has 66 valence electrons. The van der Waals surface area contributed by atoms with Crippen LogP contribution in [0.3, 0.4) is 0 Å². The van der Waals surface area contributed by atoms with Crippen LogP contribution in [-0.2, 0) is 13.0 Å². The van der Waals surface area contributed by atoms with Crippen molar-refractivity contribution in [1.82, 2.24) is 0 Å². The molecule has 0 spiro atoms. The van der Waals surface area contributed by atoms with Gasteiger partial charge in [0.05, 0.1) is 0 Å². The first-order valence-electron chi connectivity index (χ1n) is 3.86. The SMILES string of the molecule is NCc1cccc(CC(O)O)c1. The van der Waals surface area contributed by atoms with E-state index >= 15 is 0 Å². The average molecular weight is 167 g/mol. The van der Waals surface area contributed by atoms with Crippen molar-refractivity contribution in [1.29, 1.82) is 0 Å². The Balaban J connectivity index is 2.72. The van der Waals surface area contributed by atoms with E-state index in [0.717, 1.165) is 11.1 Å². The molecule has 0 amide bonds. The van der Waals surface area contributed by atoms with Crippen molar-refractivity contribution in [2.75, 3.05) is 0 Å². The second kappa shape index (κ2) is 4.21. The van der Waals surface area contributed by atoms with E-state index in [1.54, 1.807) is 0 Å². The molecule has 0 unspecified atom stereocenters. The number of aliphatic hydroxyl groups excluding tert-OH is 1. The number of rotatable bonds is 3. The van der Waals surface area contributed by atoms with Gasteiger partial charge in [-0.2, -0.15) is 0 Å². The first-order valence-corrected chi connectivity index (χ1v) is 3.86. The third-order valence-electron chi connectivity index (χ3n) is 1.65. The van der Waals surface area contributed by atoms with Gasteiger partial charge in [-0.25, -0.2) is 0 Å². The van der Waals surface area contributed by atoms with Gasteiger partial charge in [0.15, 0.2) is 6.29 Å². The molecule has 0 saturated heterocycles. The molecule has 1 rings (SSSR count). The van der Waals surface area contributed by atoms with Gasteiger partial charge in [0.1, 0.15) is 0 Å². The van der Waals surface area contributed by atoms with Crippen molar-refractivity contribution in [2.45, 2.75) is 19.3 Å². The summed E-state index contributed by atoms with van der Waals surface area (Å²) < 4.78 is 0. The summed E-state index contributed by atoms with van der Waals surface area (Å²) in [6.07, 6.45) is -1.02. The smallest absolute Gasteiger partial charge is 0.155 e. The van der Waals surface area contributed by atoms with Gasteiger partial charge in [0, 0.05) is 13.0 Å². The summed E-state index contributed by atoms with van der Waals surface area (Å²) in [7, 11) is 0. The molecule has 0 aliphatic heterocycles. The zero-order valence-electron chi connectivity index (χ0n) is 6.77. The Bertz CT molecular complexity index is 248. The maximum Gasteiger partial charge on any atom is 0.155 e. The molecule has 3 nitrogen and oxygen atoms in total. The molecule has 0 aliphatic carbocycles. The number of hydrogen-bond acceptors (Lipinski definition) is 3. The number of hydrogen-bond donors (Lipinski definition) is 3. The van der Waals surface area contributed by atoms with E-state index < -0.39 is 6.29 Å². The second-order valence-corrected chi connectivity index (χ2v) is 2.71. The molecule has 12 heavy (non-hydrogen) atoms. The monoisotopic (exact) mass is 167 g/mol. The summed E-state index contributed by atoms with van der Waals surface area (Å²) in [4.78, 5) is 0. The highest BCUT2D eigenvalue weighted by Gasteiger charge is 2.00. The molecule has 1 aromatic rings. The fraction of sp³-hybridized carbons (Fsp3) is 0.333. The van der Waals surface area contributed by atoms with Crippen LogP contribution in [0, 0.1) is 0 Å².